The fourth-order valence-electron chi connectivity index (χ4n) is 2.82. The van der Waals surface area contributed by atoms with Crippen molar-refractivity contribution in [2.45, 2.75) is 31.7 Å². The van der Waals surface area contributed by atoms with E-state index in [-0.39, 0.29) is 0 Å². The largest absolute Gasteiger partial charge is 0.376 e. The molecular weight excluding hydrogens is 320 g/mol. The molecule has 2 aromatic rings. The zero-order valence-electron chi connectivity index (χ0n) is 10.7. The Bertz CT molecular complexity index is 503. The lowest BCUT2D eigenvalue weighted by molar-refractivity contribution is 0.475. The van der Waals surface area contributed by atoms with Crippen molar-refractivity contribution in [3.63, 3.8) is 0 Å². The lowest BCUT2D eigenvalue weighted by Crippen LogP contribution is -2.18. The van der Waals surface area contributed by atoms with Gasteiger partial charge in [0.15, 0.2) is 0 Å². The smallest absolute Gasteiger partial charge is 0.106 e. The Labute approximate surface area is 126 Å². The van der Waals surface area contributed by atoms with Crippen LogP contribution in [0.3, 0.4) is 0 Å². The Morgan fingerprint density at radius 2 is 2.11 bits per heavy atom. The van der Waals surface area contributed by atoms with E-state index in [1.54, 1.807) is 0 Å². The Morgan fingerprint density at radius 3 is 2.74 bits per heavy atom. The fraction of sp³-hybridized carbons (Fsp3) is 0.400. The van der Waals surface area contributed by atoms with E-state index in [2.05, 4.69) is 49.8 Å². The molecule has 0 aromatic carbocycles. The predicted octanol–water partition coefficient (Wildman–Crippen LogP) is 5.25. The Balaban J connectivity index is 1.81. The monoisotopic (exact) mass is 336 g/mol. The molecular formula is C15H17BrN2S. The lowest BCUT2D eigenvalue weighted by atomic mass is 9.96. The molecule has 1 aliphatic rings. The number of pyridine rings is 1. The van der Waals surface area contributed by atoms with E-state index in [1.165, 1.54) is 30.6 Å². The topological polar surface area (TPSA) is 24.9 Å². The summed E-state index contributed by atoms with van der Waals surface area (Å²) in [6.45, 7) is 0. The van der Waals surface area contributed by atoms with Crippen LogP contribution in [-0.4, -0.2) is 4.98 Å². The first-order chi connectivity index (χ1) is 9.33. The molecule has 1 unspecified atom stereocenters. The van der Waals surface area contributed by atoms with Crippen LogP contribution in [0.5, 0.6) is 0 Å². The molecule has 2 aromatic heterocycles. The summed E-state index contributed by atoms with van der Waals surface area (Å²) in [7, 11) is 0. The molecule has 0 saturated heterocycles. The first-order valence-corrected chi connectivity index (χ1v) is 8.42. The van der Waals surface area contributed by atoms with Gasteiger partial charge in [0.25, 0.3) is 0 Å². The second-order valence-corrected chi connectivity index (χ2v) is 6.84. The zero-order chi connectivity index (χ0) is 13.1. The average molecular weight is 337 g/mol. The fourth-order valence-corrected chi connectivity index (χ4v) is 3.92. The van der Waals surface area contributed by atoms with Gasteiger partial charge in [-0.25, -0.2) is 4.98 Å². The van der Waals surface area contributed by atoms with Crippen LogP contribution in [0, 0.1) is 5.92 Å². The number of halogens is 1. The van der Waals surface area contributed by atoms with E-state index in [9.17, 15) is 0 Å². The zero-order valence-corrected chi connectivity index (χ0v) is 13.1. The third kappa shape index (κ3) is 3.18. The minimum absolute atomic E-state index is 0.436. The SMILES string of the molecule is Brc1ccc(NC(c2cccs2)C2CCCC2)cn1. The summed E-state index contributed by atoms with van der Waals surface area (Å²) >= 11 is 5.23. The summed E-state index contributed by atoms with van der Waals surface area (Å²) < 4.78 is 0.881. The molecule has 1 fully saturated rings. The minimum atomic E-state index is 0.436. The quantitative estimate of drug-likeness (QED) is 0.771. The second kappa shape index (κ2) is 6.06. The Morgan fingerprint density at radius 1 is 1.26 bits per heavy atom. The van der Waals surface area contributed by atoms with E-state index in [1.807, 2.05) is 23.6 Å². The minimum Gasteiger partial charge on any atom is -0.376 e. The molecule has 0 radical (unpaired) electrons. The van der Waals surface area contributed by atoms with Crippen molar-refractivity contribution in [3.05, 3.63) is 45.3 Å². The van der Waals surface area contributed by atoms with E-state index in [0.29, 0.717) is 6.04 Å². The molecule has 0 amide bonds. The summed E-state index contributed by atoms with van der Waals surface area (Å²) in [5.74, 6) is 0.752. The second-order valence-electron chi connectivity index (χ2n) is 5.05. The molecule has 100 valence electrons. The van der Waals surface area contributed by atoms with E-state index in [0.717, 1.165) is 16.2 Å². The third-order valence-corrected chi connectivity index (χ3v) is 5.19. The van der Waals surface area contributed by atoms with E-state index in [4.69, 9.17) is 0 Å². The van der Waals surface area contributed by atoms with Crippen molar-refractivity contribution < 1.29 is 0 Å². The van der Waals surface area contributed by atoms with Gasteiger partial charge < -0.3 is 5.32 Å². The van der Waals surface area contributed by atoms with Crippen LogP contribution < -0.4 is 5.32 Å². The first-order valence-electron chi connectivity index (χ1n) is 6.74. The van der Waals surface area contributed by atoms with E-state index < -0.39 is 0 Å². The highest BCUT2D eigenvalue weighted by Gasteiger charge is 2.27. The van der Waals surface area contributed by atoms with Crippen LogP contribution in [0.25, 0.3) is 0 Å². The van der Waals surface area contributed by atoms with Crippen molar-refractivity contribution in [1.82, 2.24) is 4.98 Å². The van der Waals surface area contributed by atoms with Crippen molar-refractivity contribution in [1.29, 1.82) is 0 Å². The van der Waals surface area contributed by atoms with Gasteiger partial charge >= 0.3 is 0 Å². The van der Waals surface area contributed by atoms with Gasteiger partial charge in [0.2, 0.25) is 0 Å². The summed E-state index contributed by atoms with van der Waals surface area (Å²) in [6.07, 6.45) is 7.30. The van der Waals surface area contributed by atoms with Crippen LogP contribution in [0.15, 0.2) is 40.4 Å². The molecule has 19 heavy (non-hydrogen) atoms. The van der Waals surface area contributed by atoms with Crippen molar-refractivity contribution >= 4 is 33.0 Å². The summed E-state index contributed by atoms with van der Waals surface area (Å²) in [5.41, 5.74) is 1.11. The molecule has 2 heterocycles. The number of hydrogen-bond acceptors (Lipinski definition) is 3. The van der Waals surface area contributed by atoms with Gasteiger partial charge in [-0.3, -0.25) is 0 Å². The average Bonchev–Trinajstić information content (AvgIpc) is 3.11. The van der Waals surface area contributed by atoms with Gasteiger partial charge in [-0.1, -0.05) is 18.9 Å². The number of nitrogens with zero attached hydrogens (tertiary/aromatic N) is 1. The maximum Gasteiger partial charge on any atom is 0.106 e. The molecule has 0 bridgehead atoms. The van der Waals surface area contributed by atoms with Gasteiger partial charge in [0.05, 0.1) is 17.9 Å². The molecule has 1 atom stereocenters. The van der Waals surface area contributed by atoms with Crippen LogP contribution >= 0.6 is 27.3 Å². The van der Waals surface area contributed by atoms with Gasteiger partial charge in [0.1, 0.15) is 4.60 Å². The van der Waals surface area contributed by atoms with Crippen LogP contribution in [0.1, 0.15) is 36.6 Å². The maximum absolute atomic E-state index is 4.30. The standard InChI is InChI=1S/C15H17BrN2S/c16-14-8-7-12(10-17-14)18-15(11-4-1-2-5-11)13-6-3-9-19-13/h3,6-11,15,18H,1-2,4-5H2. The molecule has 2 nitrogen and oxygen atoms in total. The molecule has 3 rings (SSSR count). The summed E-state index contributed by atoms with van der Waals surface area (Å²) in [4.78, 5) is 5.74. The lowest BCUT2D eigenvalue weighted by Gasteiger charge is -2.24. The number of nitrogens with one attached hydrogen (secondary N) is 1. The number of thiophene rings is 1. The predicted molar refractivity (Wildman–Crippen MR) is 84.6 cm³/mol. The molecule has 1 N–H and O–H groups in total. The van der Waals surface area contributed by atoms with Crippen LogP contribution in [0.4, 0.5) is 5.69 Å². The van der Waals surface area contributed by atoms with Gasteiger partial charge in [-0.05, 0) is 58.3 Å². The Hall–Kier alpha value is -0.870. The number of aromatic nitrogens is 1. The van der Waals surface area contributed by atoms with Crippen LogP contribution in [-0.2, 0) is 0 Å². The van der Waals surface area contributed by atoms with E-state index >= 15 is 0 Å². The van der Waals surface area contributed by atoms with Gasteiger partial charge in [-0.15, -0.1) is 11.3 Å². The normalized spacial score (nSPS) is 17.5. The van der Waals surface area contributed by atoms with Crippen molar-refractivity contribution in [3.8, 4) is 0 Å². The highest BCUT2D eigenvalue weighted by molar-refractivity contribution is 9.10. The molecule has 0 aliphatic heterocycles. The highest BCUT2D eigenvalue weighted by atomic mass is 79.9. The Kier molecular flexibility index (Phi) is 4.18. The van der Waals surface area contributed by atoms with Gasteiger partial charge in [-0.2, -0.15) is 0 Å². The summed E-state index contributed by atoms with van der Waals surface area (Å²) in [5, 5.41) is 5.84. The number of rotatable bonds is 4. The first kappa shape index (κ1) is 13.1. The van der Waals surface area contributed by atoms with Crippen molar-refractivity contribution in [2.75, 3.05) is 5.32 Å². The molecule has 4 heteroatoms. The highest BCUT2D eigenvalue weighted by Crippen LogP contribution is 2.39. The molecule has 0 spiro atoms. The number of anilines is 1. The van der Waals surface area contributed by atoms with Crippen LogP contribution in [0.2, 0.25) is 0 Å². The van der Waals surface area contributed by atoms with Gasteiger partial charge in [0, 0.05) is 4.88 Å². The summed E-state index contributed by atoms with van der Waals surface area (Å²) in [6, 6.07) is 8.90. The number of hydrogen-bond donors (Lipinski definition) is 1. The molecule has 1 aliphatic carbocycles. The molecule has 1 saturated carbocycles. The van der Waals surface area contributed by atoms with Crippen molar-refractivity contribution in [2.24, 2.45) is 5.92 Å². The third-order valence-electron chi connectivity index (χ3n) is 3.77. The maximum atomic E-state index is 4.30.